The van der Waals surface area contributed by atoms with Crippen LogP contribution in [-0.2, 0) is 4.79 Å². The van der Waals surface area contributed by atoms with Crippen LogP contribution in [0, 0.1) is 0 Å². The van der Waals surface area contributed by atoms with Gasteiger partial charge in [-0.1, -0.05) is 12.1 Å². The van der Waals surface area contributed by atoms with Gasteiger partial charge in [-0.15, -0.1) is 0 Å². The molecule has 0 aliphatic rings. The van der Waals surface area contributed by atoms with Crippen LogP contribution >= 0.6 is 0 Å². The lowest BCUT2D eigenvalue weighted by Gasteiger charge is -1.99. The molecular formula is C8H7NO3. The van der Waals surface area contributed by atoms with Crippen molar-refractivity contribution in [3.05, 3.63) is 29.8 Å². The number of hydrogen-bond acceptors (Lipinski definition) is 3. The number of benzene rings is 1. The maximum absolute atomic E-state index is 11.0. The lowest BCUT2D eigenvalue weighted by atomic mass is 10.2. The van der Waals surface area contributed by atoms with Crippen molar-refractivity contribution in [2.45, 2.75) is 0 Å². The van der Waals surface area contributed by atoms with Crippen molar-refractivity contribution in [3.63, 3.8) is 0 Å². The number of phenolic OH excluding ortho intramolecular Hbond substituents is 1. The minimum Gasteiger partial charge on any atom is -0.507 e. The van der Waals surface area contributed by atoms with E-state index in [1.807, 2.05) is 5.32 Å². The highest BCUT2D eigenvalue weighted by atomic mass is 16.3. The van der Waals surface area contributed by atoms with Crippen molar-refractivity contribution in [3.8, 4) is 5.75 Å². The van der Waals surface area contributed by atoms with Crippen LogP contribution in [0.1, 0.15) is 10.4 Å². The molecule has 0 atom stereocenters. The van der Waals surface area contributed by atoms with E-state index in [-0.39, 0.29) is 17.7 Å². The van der Waals surface area contributed by atoms with Gasteiger partial charge in [0.25, 0.3) is 5.91 Å². The molecule has 2 N–H and O–H groups in total. The van der Waals surface area contributed by atoms with Crippen LogP contribution in [0.3, 0.4) is 0 Å². The van der Waals surface area contributed by atoms with Gasteiger partial charge in [-0.2, -0.15) is 0 Å². The lowest BCUT2D eigenvalue weighted by molar-refractivity contribution is -0.108. The quantitative estimate of drug-likeness (QED) is 0.618. The number of rotatable bonds is 2. The SMILES string of the molecule is O=CNC(=O)c1ccccc1O. The molecule has 0 saturated carbocycles. The van der Waals surface area contributed by atoms with Crippen LogP contribution < -0.4 is 5.32 Å². The average Bonchev–Trinajstić information content (AvgIpc) is 2.05. The van der Waals surface area contributed by atoms with Crippen LogP contribution in [0.5, 0.6) is 5.75 Å². The van der Waals surface area contributed by atoms with Crippen LogP contribution in [0.4, 0.5) is 0 Å². The van der Waals surface area contributed by atoms with Crippen molar-refractivity contribution in [1.29, 1.82) is 0 Å². The summed E-state index contributed by atoms with van der Waals surface area (Å²) in [5.74, 6) is -0.750. The van der Waals surface area contributed by atoms with Crippen LogP contribution in [0.25, 0.3) is 0 Å². The molecule has 4 nitrogen and oxygen atoms in total. The van der Waals surface area contributed by atoms with Gasteiger partial charge in [0.1, 0.15) is 5.75 Å². The van der Waals surface area contributed by atoms with E-state index in [4.69, 9.17) is 5.11 Å². The number of imide groups is 1. The second-order valence-corrected chi connectivity index (χ2v) is 2.11. The minimum absolute atomic E-state index is 0.0876. The molecule has 0 spiro atoms. The van der Waals surface area contributed by atoms with Crippen LogP contribution in [0.2, 0.25) is 0 Å². The Labute approximate surface area is 68.8 Å². The molecule has 0 radical (unpaired) electrons. The number of aromatic hydroxyl groups is 1. The molecule has 0 unspecified atom stereocenters. The van der Waals surface area contributed by atoms with E-state index in [1.165, 1.54) is 12.1 Å². The van der Waals surface area contributed by atoms with Crippen molar-refractivity contribution < 1.29 is 14.7 Å². The summed E-state index contributed by atoms with van der Waals surface area (Å²) >= 11 is 0. The monoisotopic (exact) mass is 165 g/mol. The standard InChI is InChI=1S/C8H7NO3/c10-5-9-8(12)6-3-1-2-4-7(6)11/h1-5,11H,(H,9,10,12). The maximum atomic E-state index is 11.0. The van der Waals surface area contributed by atoms with Gasteiger partial charge in [0, 0.05) is 0 Å². The maximum Gasteiger partial charge on any atom is 0.261 e. The van der Waals surface area contributed by atoms with Crippen molar-refractivity contribution in [2.24, 2.45) is 0 Å². The van der Waals surface area contributed by atoms with Gasteiger partial charge in [0.2, 0.25) is 6.41 Å². The van der Waals surface area contributed by atoms with Gasteiger partial charge in [-0.3, -0.25) is 14.9 Å². The molecule has 62 valence electrons. The second kappa shape index (κ2) is 3.52. The molecule has 0 bridgehead atoms. The Balaban J connectivity index is 2.94. The lowest BCUT2D eigenvalue weighted by Crippen LogP contribution is -2.21. The van der Waals surface area contributed by atoms with Gasteiger partial charge in [-0.05, 0) is 12.1 Å². The third-order valence-corrected chi connectivity index (χ3v) is 1.34. The molecule has 0 heterocycles. The molecule has 0 aliphatic carbocycles. The summed E-state index contributed by atoms with van der Waals surface area (Å²) < 4.78 is 0. The number of phenols is 1. The minimum atomic E-state index is -0.608. The smallest absolute Gasteiger partial charge is 0.261 e. The topological polar surface area (TPSA) is 66.4 Å². The Morgan fingerprint density at radius 3 is 2.67 bits per heavy atom. The number of carbonyl (C=O) groups excluding carboxylic acids is 2. The molecular weight excluding hydrogens is 158 g/mol. The number of para-hydroxylation sites is 1. The Kier molecular flexibility index (Phi) is 2.42. The van der Waals surface area contributed by atoms with Gasteiger partial charge in [-0.25, -0.2) is 0 Å². The van der Waals surface area contributed by atoms with E-state index in [9.17, 15) is 9.59 Å². The number of nitrogens with one attached hydrogen (secondary N) is 1. The zero-order valence-corrected chi connectivity index (χ0v) is 6.15. The fourth-order valence-corrected chi connectivity index (χ4v) is 0.797. The first-order valence-electron chi connectivity index (χ1n) is 3.28. The Morgan fingerprint density at radius 1 is 1.42 bits per heavy atom. The van der Waals surface area contributed by atoms with Crippen molar-refractivity contribution >= 4 is 12.3 Å². The zero-order valence-electron chi connectivity index (χ0n) is 6.15. The summed E-state index contributed by atoms with van der Waals surface area (Å²) in [5.41, 5.74) is 0.0876. The van der Waals surface area contributed by atoms with Gasteiger partial charge < -0.3 is 5.11 Å². The van der Waals surface area contributed by atoms with E-state index in [1.54, 1.807) is 12.1 Å². The largest absolute Gasteiger partial charge is 0.507 e. The number of amides is 2. The third kappa shape index (κ3) is 1.60. The Morgan fingerprint density at radius 2 is 2.08 bits per heavy atom. The molecule has 0 aromatic heterocycles. The van der Waals surface area contributed by atoms with Crippen LogP contribution in [0.15, 0.2) is 24.3 Å². The predicted octanol–water partition coefficient (Wildman–Crippen LogP) is 0.278. The van der Waals surface area contributed by atoms with E-state index in [0.717, 1.165) is 0 Å². The predicted molar refractivity (Wildman–Crippen MR) is 41.6 cm³/mol. The second-order valence-electron chi connectivity index (χ2n) is 2.11. The highest BCUT2D eigenvalue weighted by Crippen LogP contribution is 2.14. The molecule has 12 heavy (non-hydrogen) atoms. The fourth-order valence-electron chi connectivity index (χ4n) is 0.797. The summed E-state index contributed by atoms with van der Waals surface area (Å²) in [5, 5.41) is 11.1. The van der Waals surface area contributed by atoms with E-state index in [2.05, 4.69) is 0 Å². The first kappa shape index (κ1) is 8.26. The van der Waals surface area contributed by atoms with E-state index < -0.39 is 5.91 Å². The summed E-state index contributed by atoms with van der Waals surface area (Å²) in [7, 11) is 0. The third-order valence-electron chi connectivity index (χ3n) is 1.34. The number of hydrogen-bond donors (Lipinski definition) is 2. The molecule has 0 fully saturated rings. The molecule has 1 aromatic carbocycles. The molecule has 4 heteroatoms. The molecule has 1 rings (SSSR count). The summed E-state index contributed by atoms with van der Waals surface area (Å²) in [4.78, 5) is 20.8. The highest BCUT2D eigenvalue weighted by molar-refractivity contribution is 6.01. The van der Waals surface area contributed by atoms with Gasteiger partial charge in [0.05, 0.1) is 5.56 Å². The summed E-state index contributed by atoms with van der Waals surface area (Å²) in [6.45, 7) is 0. The summed E-state index contributed by atoms with van der Waals surface area (Å²) in [6.07, 6.45) is 0.273. The Hall–Kier alpha value is -1.84. The van der Waals surface area contributed by atoms with Crippen molar-refractivity contribution in [1.82, 2.24) is 5.32 Å². The first-order valence-corrected chi connectivity index (χ1v) is 3.28. The molecule has 1 aromatic rings. The fraction of sp³-hybridized carbons (Fsp3) is 0. The Bertz CT molecular complexity index is 309. The zero-order chi connectivity index (χ0) is 8.97. The van der Waals surface area contributed by atoms with E-state index >= 15 is 0 Å². The molecule has 2 amide bonds. The number of carbonyl (C=O) groups is 2. The van der Waals surface area contributed by atoms with Gasteiger partial charge in [0.15, 0.2) is 0 Å². The average molecular weight is 165 g/mol. The first-order chi connectivity index (χ1) is 5.75. The van der Waals surface area contributed by atoms with Gasteiger partial charge >= 0.3 is 0 Å². The normalized spacial score (nSPS) is 9.00. The molecule has 0 aliphatic heterocycles. The van der Waals surface area contributed by atoms with E-state index in [0.29, 0.717) is 0 Å². The van der Waals surface area contributed by atoms with Crippen LogP contribution in [-0.4, -0.2) is 17.4 Å². The van der Waals surface area contributed by atoms with Crippen molar-refractivity contribution in [2.75, 3.05) is 0 Å². The molecule has 0 saturated heterocycles. The summed E-state index contributed by atoms with van der Waals surface area (Å²) in [6, 6.07) is 5.99. The highest BCUT2D eigenvalue weighted by Gasteiger charge is 2.07.